The molecule has 0 bridgehead atoms. The Kier molecular flexibility index (Phi) is 4.06. The summed E-state index contributed by atoms with van der Waals surface area (Å²) < 4.78 is 33.1. The van der Waals surface area contributed by atoms with Crippen molar-refractivity contribution in [1.29, 1.82) is 0 Å². The van der Waals surface area contributed by atoms with Crippen molar-refractivity contribution in [3.8, 4) is 5.88 Å². The molecule has 2 heterocycles. The van der Waals surface area contributed by atoms with E-state index < -0.39 is 10.1 Å². The average molecular weight is 342 g/mol. The highest BCUT2D eigenvalue weighted by Gasteiger charge is 2.25. The lowest BCUT2D eigenvalue weighted by Gasteiger charge is -2.20. The summed E-state index contributed by atoms with van der Waals surface area (Å²) in [6, 6.07) is 0. The summed E-state index contributed by atoms with van der Waals surface area (Å²) in [7, 11) is -3.53. The summed E-state index contributed by atoms with van der Waals surface area (Å²) in [6.07, 6.45) is 2.76. The first-order chi connectivity index (χ1) is 7.96. The molecule has 1 aromatic heterocycles. The molecule has 0 aliphatic carbocycles. The molecule has 17 heavy (non-hydrogen) atoms. The molecule has 1 saturated heterocycles. The number of hydrogen-bond donors (Lipinski definition) is 0. The predicted molar refractivity (Wildman–Crippen MR) is 68.1 cm³/mol. The van der Waals surface area contributed by atoms with Gasteiger partial charge in [-0.1, -0.05) is 0 Å². The van der Waals surface area contributed by atoms with Crippen LogP contribution in [0.4, 0.5) is 0 Å². The summed E-state index contributed by atoms with van der Waals surface area (Å²) in [5, 5.41) is 0. The topological polar surface area (TPSA) is 65.5 Å². The zero-order valence-electron chi connectivity index (χ0n) is 9.18. The van der Waals surface area contributed by atoms with Crippen LogP contribution in [-0.4, -0.2) is 32.9 Å². The maximum atomic E-state index is 11.1. The molecular formula is C9H12BrNO4S2. The molecule has 0 saturated carbocycles. The molecule has 5 nitrogen and oxygen atoms in total. The first-order valence-corrected chi connectivity index (χ1v) is 8.52. The first-order valence-electron chi connectivity index (χ1n) is 5.09. The molecule has 0 unspecified atom stereocenters. The Hall–Kier alpha value is -0.180. The lowest BCUT2D eigenvalue weighted by atomic mass is 9.99. The Morgan fingerprint density at radius 3 is 2.71 bits per heavy atom. The van der Waals surface area contributed by atoms with Gasteiger partial charge >= 0.3 is 10.1 Å². The third-order valence-electron chi connectivity index (χ3n) is 2.42. The Bertz CT molecular complexity index is 493. The zero-order valence-corrected chi connectivity index (χ0v) is 12.4. The van der Waals surface area contributed by atoms with Crippen LogP contribution in [0.15, 0.2) is 3.92 Å². The van der Waals surface area contributed by atoms with Crippen LogP contribution in [0.3, 0.4) is 0 Å². The van der Waals surface area contributed by atoms with Crippen LogP contribution in [0.25, 0.3) is 0 Å². The molecule has 0 aromatic carbocycles. The molecule has 2 rings (SSSR count). The molecule has 0 atom stereocenters. The van der Waals surface area contributed by atoms with Crippen LogP contribution in [0.5, 0.6) is 5.88 Å². The SMILES string of the molecule is CS(=O)(=O)Oc1nc(Br)sc1C1CCOCC1. The van der Waals surface area contributed by atoms with E-state index in [1.54, 1.807) is 0 Å². The molecular weight excluding hydrogens is 330 g/mol. The summed E-state index contributed by atoms with van der Waals surface area (Å²) in [5.74, 6) is 0.473. The number of rotatable bonds is 3. The minimum absolute atomic E-state index is 0.205. The van der Waals surface area contributed by atoms with E-state index in [-0.39, 0.29) is 11.8 Å². The second kappa shape index (κ2) is 5.21. The van der Waals surface area contributed by atoms with Gasteiger partial charge in [-0.25, -0.2) is 0 Å². The maximum Gasteiger partial charge on any atom is 0.307 e. The first kappa shape index (κ1) is 13.3. The van der Waals surface area contributed by atoms with Gasteiger partial charge in [0.05, 0.1) is 11.1 Å². The van der Waals surface area contributed by atoms with Crippen molar-refractivity contribution in [3.63, 3.8) is 0 Å². The van der Waals surface area contributed by atoms with Crippen molar-refractivity contribution in [2.75, 3.05) is 19.5 Å². The van der Waals surface area contributed by atoms with E-state index in [2.05, 4.69) is 20.9 Å². The van der Waals surface area contributed by atoms with Gasteiger partial charge in [-0.3, -0.25) is 0 Å². The molecule has 0 radical (unpaired) electrons. The Morgan fingerprint density at radius 2 is 2.12 bits per heavy atom. The van der Waals surface area contributed by atoms with E-state index in [0.717, 1.165) is 24.0 Å². The summed E-state index contributed by atoms with van der Waals surface area (Å²) in [5.41, 5.74) is 0. The highest BCUT2D eigenvalue weighted by Crippen LogP contribution is 2.39. The van der Waals surface area contributed by atoms with Crippen molar-refractivity contribution in [1.82, 2.24) is 4.98 Å². The van der Waals surface area contributed by atoms with Gasteiger partial charge in [-0.2, -0.15) is 13.4 Å². The van der Waals surface area contributed by atoms with E-state index in [1.165, 1.54) is 11.3 Å². The Morgan fingerprint density at radius 1 is 1.47 bits per heavy atom. The van der Waals surface area contributed by atoms with Crippen molar-refractivity contribution in [2.45, 2.75) is 18.8 Å². The molecule has 1 aromatic rings. The van der Waals surface area contributed by atoms with Crippen LogP contribution < -0.4 is 4.18 Å². The number of nitrogens with zero attached hydrogens (tertiary/aromatic N) is 1. The highest BCUT2D eigenvalue weighted by molar-refractivity contribution is 9.11. The second-order valence-corrected chi connectivity index (χ2v) is 7.69. The van der Waals surface area contributed by atoms with Crippen LogP contribution in [-0.2, 0) is 14.9 Å². The van der Waals surface area contributed by atoms with Crippen molar-refractivity contribution >= 4 is 37.4 Å². The third kappa shape index (κ3) is 3.64. The summed E-state index contributed by atoms with van der Waals surface area (Å²) >= 11 is 4.68. The van der Waals surface area contributed by atoms with Crippen molar-refractivity contribution in [3.05, 3.63) is 8.79 Å². The van der Waals surface area contributed by atoms with Gasteiger partial charge in [0.2, 0.25) is 5.88 Å². The van der Waals surface area contributed by atoms with Crippen LogP contribution >= 0.6 is 27.3 Å². The summed E-state index contributed by atoms with van der Waals surface area (Å²) in [6.45, 7) is 1.39. The quantitative estimate of drug-likeness (QED) is 0.788. The molecule has 96 valence electrons. The molecule has 0 spiro atoms. The van der Waals surface area contributed by atoms with Gasteiger partial charge in [0, 0.05) is 19.1 Å². The fourth-order valence-electron chi connectivity index (χ4n) is 1.71. The van der Waals surface area contributed by atoms with Crippen molar-refractivity contribution < 1.29 is 17.3 Å². The van der Waals surface area contributed by atoms with E-state index in [9.17, 15) is 8.42 Å². The molecule has 1 aliphatic heterocycles. The third-order valence-corrected chi connectivity index (χ3v) is 4.53. The Labute approximate surface area is 112 Å². The minimum atomic E-state index is -3.53. The zero-order chi connectivity index (χ0) is 12.5. The number of hydrogen-bond acceptors (Lipinski definition) is 6. The lowest BCUT2D eigenvalue weighted by Crippen LogP contribution is -2.15. The molecule has 1 fully saturated rings. The predicted octanol–water partition coefficient (Wildman–Crippen LogP) is 2.14. The Balaban J connectivity index is 2.26. The number of thiazole rings is 1. The van der Waals surface area contributed by atoms with Crippen LogP contribution in [0, 0.1) is 0 Å². The highest BCUT2D eigenvalue weighted by atomic mass is 79.9. The second-order valence-electron chi connectivity index (χ2n) is 3.81. The van der Waals surface area contributed by atoms with Gasteiger partial charge in [0.1, 0.15) is 0 Å². The van der Waals surface area contributed by atoms with Crippen LogP contribution in [0.1, 0.15) is 23.6 Å². The molecule has 8 heteroatoms. The molecule has 0 amide bonds. The lowest BCUT2D eigenvalue weighted by molar-refractivity contribution is 0.0857. The van der Waals surface area contributed by atoms with E-state index >= 15 is 0 Å². The van der Waals surface area contributed by atoms with E-state index in [1.807, 2.05) is 0 Å². The maximum absolute atomic E-state index is 11.1. The van der Waals surface area contributed by atoms with E-state index in [0.29, 0.717) is 17.1 Å². The van der Waals surface area contributed by atoms with Gasteiger partial charge in [0.25, 0.3) is 0 Å². The largest absolute Gasteiger partial charge is 0.381 e. The number of halogens is 1. The average Bonchev–Trinajstić information content (AvgIpc) is 2.58. The monoisotopic (exact) mass is 341 g/mol. The minimum Gasteiger partial charge on any atom is -0.381 e. The van der Waals surface area contributed by atoms with E-state index in [4.69, 9.17) is 8.92 Å². The van der Waals surface area contributed by atoms with Crippen molar-refractivity contribution in [2.24, 2.45) is 0 Å². The number of ether oxygens (including phenoxy) is 1. The normalized spacial score (nSPS) is 18.2. The van der Waals surface area contributed by atoms with Gasteiger partial charge < -0.3 is 8.92 Å². The standard InChI is InChI=1S/C9H12BrNO4S2/c1-17(12,13)15-8-7(16-9(10)11-8)6-2-4-14-5-3-6/h6H,2-5H2,1H3. The molecule has 1 aliphatic rings. The van der Waals surface area contributed by atoms with Gasteiger partial charge in [-0.15, -0.1) is 11.3 Å². The fourth-order valence-corrected chi connectivity index (χ4v) is 3.75. The molecule has 0 N–H and O–H groups in total. The summed E-state index contributed by atoms with van der Waals surface area (Å²) in [4.78, 5) is 4.94. The smallest absolute Gasteiger partial charge is 0.307 e. The van der Waals surface area contributed by atoms with Crippen LogP contribution in [0.2, 0.25) is 0 Å². The van der Waals surface area contributed by atoms with Gasteiger partial charge in [0.15, 0.2) is 3.92 Å². The fraction of sp³-hybridized carbons (Fsp3) is 0.667. The van der Waals surface area contributed by atoms with Gasteiger partial charge in [-0.05, 0) is 28.8 Å². The number of aromatic nitrogens is 1.